The summed E-state index contributed by atoms with van der Waals surface area (Å²) in [7, 11) is 1.45. The van der Waals surface area contributed by atoms with Crippen LogP contribution in [0.1, 0.15) is 21.7 Å². The van der Waals surface area contributed by atoms with E-state index < -0.39 is 0 Å². The Bertz CT molecular complexity index is 944. The molecule has 6 heteroatoms. The summed E-state index contributed by atoms with van der Waals surface area (Å²) >= 11 is 5.86. The second-order valence-corrected chi connectivity index (χ2v) is 6.02. The Labute approximate surface area is 149 Å². The second kappa shape index (κ2) is 7.09. The molecule has 1 amide bonds. The predicted octanol–water partition coefficient (Wildman–Crippen LogP) is 4.21. The molecule has 0 radical (unpaired) electrons. The Kier molecular flexibility index (Phi) is 4.88. The molecule has 3 aromatic rings. The van der Waals surface area contributed by atoms with E-state index in [1.807, 2.05) is 13.0 Å². The summed E-state index contributed by atoms with van der Waals surface area (Å²) in [6.45, 7) is 1.80. The molecule has 0 atom stereocenters. The summed E-state index contributed by atoms with van der Waals surface area (Å²) in [6.07, 6.45) is 0. The molecule has 5 nitrogen and oxygen atoms in total. The minimum absolute atomic E-state index is 0.0322. The molecule has 0 aliphatic carbocycles. The van der Waals surface area contributed by atoms with Crippen LogP contribution < -0.4 is 5.32 Å². The van der Waals surface area contributed by atoms with Gasteiger partial charge in [-0.3, -0.25) is 9.59 Å². The van der Waals surface area contributed by atoms with Crippen LogP contribution in [0.4, 0.5) is 5.69 Å². The molecule has 0 saturated heterocycles. The number of ketones is 1. The number of carbonyl (C=O) groups is 2. The standard InChI is InChI=1S/C19H16ClNO4/c1-11-15-8-7-14(21-17(22)10-24-2)9-16(15)25-19(11)18(23)12-3-5-13(20)6-4-12/h3-9H,10H2,1-2H3,(H,21,22). The zero-order valence-corrected chi connectivity index (χ0v) is 14.5. The van der Waals surface area contributed by atoms with Crippen molar-refractivity contribution in [2.45, 2.75) is 6.92 Å². The van der Waals surface area contributed by atoms with E-state index in [-0.39, 0.29) is 24.1 Å². The van der Waals surface area contributed by atoms with E-state index in [1.54, 1.807) is 36.4 Å². The van der Waals surface area contributed by atoms with Crippen molar-refractivity contribution in [3.8, 4) is 0 Å². The first kappa shape index (κ1) is 17.2. The molecule has 0 aliphatic rings. The third kappa shape index (κ3) is 3.57. The molecule has 3 rings (SSSR count). The molecular weight excluding hydrogens is 342 g/mol. The Hall–Kier alpha value is -2.63. The van der Waals surface area contributed by atoms with Crippen LogP contribution in [0.3, 0.4) is 0 Å². The van der Waals surface area contributed by atoms with E-state index in [1.165, 1.54) is 7.11 Å². The molecule has 0 spiro atoms. The fourth-order valence-electron chi connectivity index (χ4n) is 2.58. The SMILES string of the molecule is COCC(=O)Nc1ccc2c(C)c(C(=O)c3ccc(Cl)cc3)oc2c1. The molecular formula is C19H16ClNO4. The molecule has 0 aliphatic heterocycles. The summed E-state index contributed by atoms with van der Waals surface area (Å²) in [4.78, 5) is 24.3. The number of carbonyl (C=O) groups excluding carboxylic acids is 2. The van der Waals surface area contributed by atoms with Crippen molar-refractivity contribution in [2.75, 3.05) is 19.0 Å². The number of halogens is 1. The minimum atomic E-state index is -0.261. The number of hydrogen-bond acceptors (Lipinski definition) is 4. The van der Waals surface area contributed by atoms with E-state index >= 15 is 0 Å². The average molecular weight is 358 g/mol. The van der Waals surface area contributed by atoms with Gasteiger partial charge in [0.05, 0.1) is 0 Å². The summed E-state index contributed by atoms with van der Waals surface area (Å²) in [5.41, 5.74) is 2.36. The summed E-state index contributed by atoms with van der Waals surface area (Å²) in [6, 6.07) is 11.9. The fourth-order valence-corrected chi connectivity index (χ4v) is 2.71. The summed E-state index contributed by atoms with van der Waals surface area (Å²) in [5, 5.41) is 4.09. The van der Waals surface area contributed by atoms with Gasteiger partial charge in [0.2, 0.25) is 11.7 Å². The molecule has 0 fully saturated rings. The molecule has 0 bridgehead atoms. The molecule has 128 valence electrons. The van der Waals surface area contributed by atoms with Crippen molar-refractivity contribution in [1.29, 1.82) is 0 Å². The number of rotatable bonds is 5. The fraction of sp³-hybridized carbons (Fsp3) is 0.158. The Morgan fingerprint density at radius 1 is 1.16 bits per heavy atom. The van der Waals surface area contributed by atoms with Gasteiger partial charge in [-0.05, 0) is 43.3 Å². The Morgan fingerprint density at radius 2 is 1.88 bits per heavy atom. The highest BCUT2D eigenvalue weighted by molar-refractivity contribution is 6.30. The van der Waals surface area contributed by atoms with E-state index in [0.29, 0.717) is 21.9 Å². The van der Waals surface area contributed by atoms with E-state index in [2.05, 4.69) is 5.32 Å². The number of ether oxygens (including phenoxy) is 1. The third-order valence-corrected chi connectivity index (χ3v) is 4.06. The maximum atomic E-state index is 12.7. The highest BCUT2D eigenvalue weighted by Gasteiger charge is 2.19. The maximum Gasteiger partial charge on any atom is 0.250 e. The van der Waals surface area contributed by atoms with Crippen molar-refractivity contribution in [3.05, 3.63) is 64.4 Å². The van der Waals surface area contributed by atoms with Crippen LogP contribution in [0.5, 0.6) is 0 Å². The number of anilines is 1. The van der Waals surface area contributed by atoms with Gasteiger partial charge in [0, 0.05) is 40.4 Å². The lowest BCUT2D eigenvalue weighted by molar-refractivity contribution is -0.119. The predicted molar refractivity (Wildman–Crippen MR) is 96.3 cm³/mol. The normalized spacial score (nSPS) is 10.8. The first-order valence-electron chi connectivity index (χ1n) is 7.62. The van der Waals surface area contributed by atoms with Crippen molar-refractivity contribution < 1.29 is 18.7 Å². The summed E-state index contributed by atoms with van der Waals surface area (Å²) < 4.78 is 10.5. The van der Waals surface area contributed by atoms with Crippen LogP contribution in [0, 0.1) is 6.92 Å². The maximum absolute atomic E-state index is 12.7. The van der Waals surface area contributed by atoms with Crippen LogP contribution in [0.25, 0.3) is 11.0 Å². The van der Waals surface area contributed by atoms with Gasteiger partial charge in [0.15, 0.2) is 5.76 Å². The molecule has 1 N–H and O–H groups in total. The van der Waals surface area contributed by atoms with Gasteiger partial charge >= 0.3 is 0 Å². The number of methoxy groups -OCH3 is 1. The van der Waals surface area contributed by atoms with Gasteiger partial charge in [-0.1, -0.05) is 11.6 Å². The smallest absolute Gasteiger partial charge is 0.250 e. The molecule has 0 unspecified atom stereocenters. The number of aryl methyl sites for hydroxylation is 1. The number of benzene rings is 2. The van der Waals surface area contributed by atoms with Gasteiger partial charge < -0.3 is 14.5 Å². The lowest BCUT2D eigenvalue weighted by atomic mass is 10.0. The van der Waals surface area contributed by atoms with E-state index in [0.717, 1.165) is 10.9 Å². The number of nitrogens with one attached hydrogen (secondary N) is 1. The molecule has 0 saturated carbocycles. The lowest BCUT2D eigenvalue weighted by Crippen LogP contribution is -2.16. The zero-order chi connectivity index (χ0) is 18.0. The minimum Gasteiger partial charge on any atom is -0.452 e. The Morgan fingerprint density at radius 3 is 2.56 bits per heavy atom. The quantitative estimate of drug-likeness (QED) is 0.694. The van der Waals surface area contributed by atoms with E-state index in [9.17, 15) is 9.59 Å². The number of amides is 1. The highest BCUT2D eigenvalue weighted by Crippen LogP contribution is 2.29. The van der Waals surface area contributed by atoms with E-state index in [4.69, 9.17) is 20.8 Å². The van der Waals surface area contributed by atoms with Crippen molar-refractivity contribution in [2.24, 2.45) is 0 Å². The molecule has 1 aromatic heterocycles. The van der Waals surface area contributed by atoms with Crippen molar-refractivity contribution in [3.63, 3.8) is 0 Å². The molecule has 25 heavy (non-hydrogen) atoms. The largest absolute Gasteiger partial charge is 0.452 e. The zero-order valence-electron chi connectivity index (χ0n) is 13.8. The lowest BCUT2D eigenvalue weighted by Gasteiger charge is -2.03. The van der Waals surface area contributed by atoms with Crippen LogP contribution in [-0.2, 0) is 9.53 Å². The second-order valence-electron chi connectivity index (χ2n) is 5.58. The van der Waals surface area contributed by atoms with Crippen LogP contribution in [0.2, 0.25) is 5.02 Å². The highest BCUT2D eigenvalue weighted by atomic mass is 35.5. The van der Waals surface area contributed by atoms with Gasteiger partial charge in [-0.25, -0.2) is 0 Å². The number of furan rings is 1. The van der Waals surface area contributed by atoms with Gasteiger partial charge in [-0.2, -0.15) is 0 Å². The first-order valence-corrected chi connectivity index (χ1v) is 7.99. The summed E-state index contributed by atoms with van der Waals surface area (Å²) in [5.74, 6) is -0.199. The van der Waals surface area contributed by atoms with Crippen LogP contribution in [-0.4, -0.2) is 25.4 Å². The number of hydrogen-bond donors (Lipinski definition) is 1. The monoisotopic (exact) mass is 357 g/mol. The van der Waals surface area contributed by atoms with Gasteiger partial charge in [-0.15, -0.1) is 0 Å². The third-order valence-electron chi connectivity index (χ3n) is 3.81. The Balaban J connectivity index is 1.94. The average Bonchev–Trinajstić information content (AvgIpc) is 2.91. The van der Waals surface area contributed by atoms with Crippen LogP contribution in [0.15, 0.2) is 46.9 Å². The molecule has 1 heterocycles. The van der Waals surface area contributed by atoms with Crippen molar-refractivity contribution >= 4 is 39.9 Å². The first-order chi connectivity index (χ1) is 12.0. The number of fused-ring (bicyclic) bond motifs is 1. The molecule has 2 aromatic carbocycles. The van der Waals surface area contributed by atoms with Gasteiger partial charge in [0.1, 0.15) is 12.2 Å². The van der Waals surface area contributed by atoms with Gasteiger partial charge in [0.25, 0.3) is 0 Å². The topological polar surface area (TPSA) is 68.5 Å². The van der Waals surface area contributed by atoms with Crippen molar-refractivity contribution in [1.82, 2.24) is 0 Å². The van der Waals surface area contributed by atoms with Crippen LogP contribution >= 0.6 is 11.6 Å².